The van der Waals surface area contributed by atoms with Crippen LogP contribution in [-0.2, 0) is 11.2 Å². The fourth-order valence-corrected chi connectivity index (χ4v) is 2.81. The molecule has 0 bridgehead atoms. The molecule has 6 heteroatoms. The highest BCUT2D eigenvalue weighted by Crippen LogP contribution is 2.46. The van der Waals surface area contributed by atoms with Gasteiger partial charge < -0.3 is 19.3 Å². The van der Waals surface area contributed by atoms with E-state index in [9.17, 15) is 9.90 Å². The standard InChI is InChI=1S/C14H17BrO5/c1-14(2,13(16)17)7-8-6-9-12(20-5-4-19-9)10(15)11(8)18-3/h6H,4-5,7H2,1-3H3,(H,16,17). The topological polar surface area (TPSA) is 65.0 Å². The zero-order valence-electron chi connectivity index (χ0n) is 11.7. The van der Waals surface area contributed by atoms with Gasteiger partial charge in [-0.1, -0.05) is 0 Å². The van der Waals surface area contributed by atoms with Gasteiger partial charge in [-0.3, -0.25) is 4.79 Å². The van der Waals surface area contributed by atoms with Gasteiger partial charge in [0.1, 0.15) is 23.4 Å². The quantitative estimate of drug-likeness (QED) is 0.909. The van der Waals surface area contributed by atoms with Crippen LogP contribution in [0.5, 0.6) is 17.2 Å². The van der Waals surface area contributed by atoms with Gasteiger partial charge in [-0.05, 0) is 42.3 Å². The first-order chi connectivity index (χ1) is 9.36. The maximum absolute atomic E-state index is 11.3. The molecule has 0 fully saturated rings. The van der Waals surface area contributed by atoms with E-state index < -0.39 is 11.4 Å². The molecule has 0 aromatic heterocycles. The number of rotatable bonds is 4. The number of fused-ring (bicyclic) bond motifs is 1. The van der Waals surface area contributed by atoms with Crippen molar-refractivity contribution in [3.05, 3.63) is 16.1 Å². The third kappa shape index (κ3) is 2.70. The highest BCUT2D eigenvalue weighted by atomic mass is 79.9. The Hall–Kier alpha value is -1.43. The molecule has 0 radical (unpaired) electrons. The molecule has 2 rings (SSSR count). The molecule has 1 aromatic carbocycles. The lowest BCUT2D eigenvalue weighted by Gasteiger charge is -2.25. The Morgan fingerprint density at radius 2 is 2.10 bits per heavy atom. The highest BCUT2D eigenvalue weighted by Gasteiger charge is 2.31. The molecule has 110 valence electrons. The molecule has 0 spiro atoms. The summed E-state index contributed by atoms with van der Waals surface area (Å²) in [7, 11) is 1.55. The van der Waals surface area contributed by atoms with Crippen LogP contribution in [-0.4, -0.2) is 31.4 Å². The van der Waals surface area contributed by atoms with Crippen LogP contribution in [0.2, 0.25) is 0 Å². The Labute approximate surface area is 126 Å². The first-order valence-corrected chi connectivity index (χ1v) is 7.04. The fraction of sp³-hybridized carbons (Fsp3) is 0.500. The van der Waals surface area contributed by atoms with E-state index in [4.69, 9.17) is 14.2 Å². The highest BCUT2D eigenvalue weighted by molar-refractivity contribution is 9.10. The molecule has 1 heterocycles. The van der Waals surface area contributed by atoms with Crippen LogP contribution in [0.4, 0.5) is 0 Å². The van der Waals surface area contributed by atoms with Gasteiger partial charge in [-0.2, -0.15) is 0 Å². The summed E-state index contributed by atoms with van der Waals surface area (Å²) in [6.07, 6.45) is 0.334. The molecule has 1 aliphatic rings. The van der Waals surface area contributed by atoms with Crippen molar-refractivity contribution in [3.63, 3.8) is 0 Å². The van der Waals surface area contributed by atoms with Gasteiger partial charge in [0.05, 0.1) is 12.5 Å². The van der Waals surface area contributed by atoms with Gasteiger partial charge in [0.25, 0.3) is 0 Å². The maximum atomic E-state index is 11.3. The van der Waals surface area contributed by atoms with Crippen LogP contribution in [0, 0.1) is 5.41 Å². The van der Waals surface area contributed by atoms with Crippen molar-refractivity contribution in [1.82, 2.24) is 0 Å². The molecule has 1 aromatic rings. The number of carbonyl (C=O) groups is 1. The molecule has 0 atom stereocenters. The van der Waals surface area contributed by atoms with Gasteiger partial charge in [-0.25, -0.2) is 0 Å². The van der Waals surface area contributed by atoms with Crippen molar-refractivity contribution in [2.75, 3.05) is 20.3 Å². The average Bonchev–Trinajstić information content (AvgIpc) is 2.38. The van der Waals surface area contributed by atoms with E-state index in [0.29, 0.717) is 41.4 Å². The van der Waals surface area contributed by atoms with Gasteiger partial charge in [0, 0.05) is 5.56 Å². The molecule has 5 nitrogen and oxygen atoms in total. The lowest BCUT2D eigenvalue weighted by Crippen LogP contribution is -2.26. The molecule has 0 saturated heterocycles. The number of benzene rings is 1. The van der Waals surface area contributed by atoms with Crippen molar-refractivity contribution >= 4 is 21.9 Å². The van der Waals surface area contributed by atoms with E-state index in [1.807, 2.05) is 0 Å². The van der Waals surface area contributed by atoms with Crippen molar-refractivity contribution in [1.29, 1.82) is 0 Å². The lowest BCUT2D eigenvalue weighted by atomic mass is 9.85. The average molecular weight is 345 g/mol. The minimum absolute atomic E-state index is 0.334. The van der Waals surface area contributed by atoms with Crippen LogP contribution >= 0.6 is 15.9 Å². The Kier molecular flexibility index (Phi) is 4.13. The number of aliphatic carboxylic acids is 1. The van der Waals surface area contributed by atoms with Crippen LogP contribution in [0.1, 0.15) is 19.4 Å². The number of hydrogen-bond acceptors (Lipinski definition) is 4. The Balaban J connectivity index is 2.47. The van der Waals surface area contributed by atoms with E-state index in [1.54, 1.807) is 27.0 Å². The minimum atomic E-state index is -0.892. The summed E-state index contributed by atoms with van der Waals surface area (Å²) in [4.78, 5) is 11.3. The molecular formula is C14H17BrO5. The summed E-state index contributed by atoms with van der Waals surface area (Å²) in [5.41, 5.74) is -0.118. The van der Waals surface area contributed by atoms with Crippen LogP contribution < -0.4 is 14.2 Å². The number of hydrogen-bond donors (Lipinski definition) is 1. The number of methoxy groups -OCH3 is 1. The van der Waals surface area contributed by atoms with E-state index in [0.717, 1.165) is 5.56 Å². The third-order valence-corrected chi connectivity index (χ3v) is 3.94. The van der Waals surface area contributed by atoms with Gasteiger partial charge in [0.15, 0.2) is 11.5 Å². The second-order valence-corrected chi connectivity index (χ2v) is 6.07. The summed E-state index contributed by atoms with van der Waals surface area (Å²) in [5, 5.41) is 9.27. The van der Waals surface area contributed by atoms with Crippen molar-refractivity contribution < 1.29 is 24.1 Å². The smallest absolute Gasteiger partial charge is 0.309 e. The summed E-state index contributed by atoms with van der Waals surface area (Å²) in [6, 6.07) is 1.79. The zero-order valence-corrected chi connectivity index (χ0v) is 13.2. The summed E-state index contributed by atoms with van der Waals surface area (Å²) < 4.78 is 17.2. The third-order valence-electron chi connectivity index (χ3n) is 3.22. The largest absolute Gasteiger partial charge is 0.495 e. The minimum Gasteiger partial charge on any atom is -0.495 e. The second-order valence-electron chi connectivity index (χ2n) is 5.27. The predicted molar refractivity (Wildman–Crippen MR) is 76.8 cm³/mol. The van der Waals surface area contributed by atoms with Gasteiger partial charge >= 0.3 is 5.97 Å². The molecule has 0 saturated carbocycles. The first kappa shape index (κ1) is 15.0. The van der Waals surface area contributed by atoms with E-state index in [1.165, 1.54) is 0 Å². The van der Waals surface area contributed by atoms with Gasteiger partial charge in [-0.15, -0.1) is 0 Å². The van der Waals surface area contributed by atoms with E-state index >= 15 is 0 Å². The molecule has 0 amide bonds. The first-order valence-electron chi connectivity index (χ1n) is 6.25. The zero-order chi connectivity index (χ0) is 14.9. The lowest BCUT2D eigenvalue weighted by molar-refractivity contribution is -0.146. The fourth-order valence-electron chi connectivity index (χ4n) is 2.08. The maximum Gasteiger partial charge on any atom is 0.309 e. The SMILES string of the molecule is COc1c(CC(C)(C)C(=O)O)cc2c(c1Br)OCCO2. The molecule has 20 heavy (non-hydrogen) atoms. The van der Waals surface area contributed by atoms with Crippen LogP contribution in [0.15, 0.2) is 10.5 Å². The van der Waals surface area contributed by atoms with Crippen LogP contribution in [0.3, 0.4) is 0 Å². The van der Waals surface area contributed by atoms with Gasteiger partial charge in [0.2, 0.25) is 0 Å². The molecule has 0 unspecified atom stereocenters. The normalized spacial score (nSPS) is 14.0. The van der Waals surface area contributed by atoms with Crippen LogP contribution in [0.25, 0.3) is 0 Å². The van der Waals surface area contributed by atoms with Crippen molar-refractivity contribution in [2.24, 2.45) is 5.41 Å². The summed E-state index contributed by atoms with van der Waals surface area (Å²) in [6.45, 7) is 4.32. The van der Waals surface area contributed by atoms with E-state index in [2.05, 4.69) is 15.9 Å². The Morgan fingerprint density at radius 1 is 1.45 bits per heavy atom. The van der Waals surface area contributed by atoms with E-state index in [-0.39, 0.29) is 0 Å². The molecule has 1 aliphatic heterocycles. The molecule has 1 N–H and O–H groups in total. The van der Waals surface area contributed by atoms with Crippen molar-refractivity contribution in [2.45, 2.75) is 20.3 Å². The predicted octanol–water partition coefficient (Wildman–Crippen LogP) is 2.88. The number of halogens is 1. The van der Waals surface area contributed by atoms with Crippen molar-refractivity contribution in [3.8, 4) is 17.2 Å². The monoisotopic (exact) mass is 344 g/mol. The number of carboxylic acids is 1. The number of ether oxygens (including phenoxy) is 3. The Morgan fingerprint density at radius 3 is 2.70 bits per heavy atom. The molecular weight excluding hydrogens is 328 g/mol. The number of carboxylic acid groups (broad SMARTS) is 1. The summed E-state index contributed by atoms with van der Waals surface area (Å²) in [5.74, 6) is 0.944. The Bertz CT molecular complexity index is 539. The second kappa shape index (κ2) is 5.52. The summed E-state index contributed by atoms with van der Waals surface area (Å²) >= 11 is 3.45. The molecule has 0 aliphatic carbocycles.